The number of hydrogen-bond donors (Lipinski definition) is 2. The smallest absolute Gasteiger partial charge is 0.265 e. The SMILES string of the molecule is Cc1ccc(C(=O)Nc2cccc(-c3nc(CNC(=O)c4c(C)noc4C)c(C)o3)c2)s1. The van der Waals surface area contributed by atoms with E-state index in [9.17, 15) is 9.59 Å². The second-order valence-electron chi connectivity index (χ2n) is 7.35. The van der Waals surface area contributed by atoms with Gasteiger partial charge >= 0.3 is 0 Å². The minimum absolute atomic E-state index is 0.161. The Morgan fingerprint density at radius 1 is 1.03 bits per heavy atom. The summed E-state index contributed by atoms with van der Waals surface area (Å²) in [6.07, 6.45) is 0. The molecule has 2 amide bonds. The van der Waals surface area contributed by atoms with Gasteiger partial charge < -0.3 is 19.6 Å². The summed E-state index contributed by atoms with van der Waals surface area (Å²) < 4.78 is 10.9. The van der Waals surface area contributed by atoms with E-state index in [0.29, 0.717) is 44.9 Å². The van der Waals surface area contributed by atoms with E-state index in [1.165, 1.54) is 11.3 Å². The molecule has 1 aromatic carbocycles. The molecule has 8 nitrogen and oxygen atoms in total. The van der Waals surface area contributed by atoms with Crippen molar-refractivity contribution in [3.8, 4) is 11.5 Å². The summed E-state index contributed by atoms with van der Waals surface area (Å²) >= 11 is 1.44. The number of carbonyl (C=O) groups excluding carboxylic acids is 2. The Labute approximate surface area is 188 Å². The Morgan fingerprint density at radius 2 is 1.84 bits per heavy atom. The quantitative estimate of drug-likeness (QED) is 0.436. The molecule has 0 atom stereocenters. The molecule has 164 valence electrons. The van der Waals surface area contributed by atoms with Gasteiger partial charge in [0.1, 0.15) is 22.8 Å². The summed E-state index contributed by atoms with van der Waals surface area (Å²) in [7, 11) is 0. The number of aromatic nitrogens is 2. The van der Waals surface area contributed by atoms with Crippen LogP contribution in [-0.4, -0.2) is 22.0 Å². The molecule has 0 saturated heterocycles. The zero-order valence-corrected chi connectivity index (χ0v) is 18.9. The van der Waals surface area contributed by atoms with Crippen LogP contribution in [0, 0.1) is 27.7 Å². The monoisotopic (exact) mass is 450 g/mol. The molecular formula is C23H22N4O4S. The molecule has 0 fully saturated rings. The Bertz CT molecular complexity index is 1280. The number of nitrogens with zero attached hydrogens (tertiary/aromatic N) is 2. The third-order valence-corrected chi connectivity index (χ3v) is 5.90. The van der Waals surface area contributed by atoms with Gasteiger partial charge in [0.05, 0.1) is 17.1 Å². The molecule has 0 radical (unpaired) electrons. The van der Waals surface area contributed by atoms with E-state index in [1.807, 2.05) is 31.2 Å². The predicted molar refractivity (Wildman–Crippen MR) is 121 cm³/mol. The fraction of sp³-hybridized carbons (Fsp3) is 0.217. The fourth-order valence-corrected chi connectivity index (χ4v) is 4.02. The second-order valence-corrected chi connectivity index (χ2v) is 8.64. The number of rotatable bonds is 6. The van der Waals surface area contributed by atoms with Crippen LogP contribution in [-0.2, 0) is 6.54 Å². The van der Waals surface area contributed by atoms with Gasteiger partial charge in [-0.25, -0.2) is 4.98 Å². The number of thiophene rings is 1. The van der Waals surface area contributed by atoms with E-state index < -0.39 is 0 Å². The Balaban J connectivity index is 1.47. The highest BCUT2D eigenvalue weighted by atomic mass is 32.1. The molecule has 32 heavy (non-hydrogen) atoms. The van der Waals surface area contributed by atoms with Gasteiger partial charge in [-0.15, -0.1) is 11.3 Å². The number of amides is 2. The van der Waals surface area contributed by atoms with Crippen LogP contribution in [0.4, 0.5) is 5.69 Å². The number of nitrogens with one attached hydrogen (secondary N) is 2. The second kappa shape index (κ2) is 8.80. The molecular weight excluding hydrogens is 428 g/mol. The third kappa shape index (κ3) is 4.47. The number of oxazole rings is 1. The van der Waals surface area contributed by atoms with E-state index in [4.69, 9.17) is 8.94 Å². The standard InChI is InChI=1S/C23H22N4O4S/c1-12-8-9-19(32-12)21(28)25-17-7-5-6-16(10-17)23-26-18(14(3)30-23)11-24-22(29)20-13(2)27-31-15(20)4/h5-10H,11H2,1-4H3,(H,24,29)(H,25,28). The topological polar surface area (TPSA) is 110 Å². The lowest BCUT2D eigenvalue weighted by atomic mass is 10.2. The van der Waals surface area contributed by atoms with Crippen LogP contribution in [0.3, 0.4) is 0 Å². The van der Waals surface area contributed by atoms with Crippen molar-refractivity contribution in [1.29, 1.82) is 0 Å². The lowest BCUT2D eigenvalue weighted by Crippen LogP contribution is -2.24. The summed E-state index contributed by atoms with van der Waals surface area (Å²) in [6.45, 7) is 7.36. The number of aryl methyl sites for hydroxylation is 4. The van der Waals surface area contributed by atoms with Crippen molar-refractivity contribution >= 4 is 28.8 Å². The molecule has 4 aromatic rings. The Hall–Kier alpha value is -3.72. The lowest BCUT2D eigenvalue weighted by Gasteiger charge is -2.05. The van der Waals surface area contributed by atoms with Gasteiger partial charge in [-0.2, -0.15) is 0 Å². The summed E-state index contributed by atoms with van der Waals surface area (Å²) in [6, 6.07) is 11.0. The molecule has 3 heterocycles. The van der Waals surface area contributed by atoms with Gasteiger partial charge in [0.2, 0.25) is 5.89 Å². The molecule has 0 spiro atoms. The van der Waals surface area contributed by atoms with Crippen molar-refractivity contribution in [2.45, 2.75) is 34.2 Å². The van der Waals surface area contributed by atoms with Crippen LogP contribution in [0.2, 0.25) is 0 Å². The summed E-state index contributed by atoms with van der Waals surface area (Å²) in [5, 5.41) is 9.53. The van der Waals surface area contributed by atoms with Crippen molar-refractivity contribution in [1.82, 2.24) is 15.5 Å². The predicted octanol–water partition coefficient (Wildman–Crippen LogP) is 4.81. The fourth-order valence-electron chi connectivity index (χ4n) is 3.25. The first-order valence-corrected chi connectivity index (χ1v) is 10.8. The molecule has 3 aromatic heterocycles. The maximum Gasteiger partial charge on any atom is 0.265 e. The zero-order chi connectivity index (χ0) is 22.8. The average molecular weight is 451 g/mol. The lowest BCUT2D eigenvalue weighted by molar-refractivity contribution is 0.0947. The number of carbonyl (C=O) groups is 2. The maximum absolute atomic E-state index is 12.5. The van der Waals surface area contributed by atoms with Gasteiger partial charge in [-0.3, -0.25) is 9.59 Å². The van der Waals surface area contributed by atoms with E-state index in [0.717, 1.165) is 10.4 Å². The molecule has 9 heteroatoms. The molecule has 0 unspecified atom stereocenters. The zero-order valence-electron chi connectivity index (χ0n) is 18.1. The van der Waals surface area contributed by atoms with Gasteiger partial charge in [0.15, 0.2) is 0 Å². The Kier molecular flexibility index (Phi) is 5.91. The first-order chi connectivity index (χ1) is 15.3. The van der Waals surface area contributed by atoms with Crippen molar-refractivity contribution in [3.05, 3.63) is 74.6 Å². The van der Waals surface area contributed by atoms with Crippen molar-refractivity contribution in [2.24, 2.45) is 0 Å². The third-order valence-electron chi connectivity index (χ3n) is 4.90. The minimum Gasteiger partial charge on any atom is -0.441 e. The molecule has 0 aliphatic heterocycles. The number of anilines is 1. The van der Waals surface area contributed by atoms with Gasteiger partial charge in [0.25, 0.3) is 11.8 Å². The summed E-state index contributed by atoms with van der Waals surface area (Å²) in [5.41, 5.74) is 2.94. The number of hydrogen-bond acceptors (Lipinski definition) is 7. The first kappa shape index (κ1) is 21.5. The van der Waals surface area contributed by atoms with Gasteiger partial charge in [-0.05, 0) is 58.0 Å². The van der Waals surface area contributed by atoms with E-state index in [-0.39, 0.29) is 18.4 Å². The van der Waals surface area contributed by atoms with Crippen molar-refractivity contribution < 1.29 is 18.5 Å². The normalized spacial score (nSPS) is 10.9. The molecule has 0 saturated carbocycles. The highest BCUT2D eigenvalue weighted by molar-refractivity contribution is 7.14. The van der Waals surface area contributed by atoms with E-state index in [2.05, 4.69) is 20.8 Å². The first-order valence-electron chi connectivity index (χ1n) is 9.97. The maximum atomic E-state index is 12.5. The van der Waals surface area contributed by atoms with Crippen LogP contribution >= 0.6 is 11.3 Å². The number of benzene rings is 1. The average Bonchev–Trinajstić information content (AvgIpc) is 3.45. The van der Waals surface area contributed by atoms with Crippen LogP contribution < -0.4 is 10.6 Å². The van der Waals surface area contributed by atoms with Crippen molar-refractivity contribution in [3.63, 3.8) is 0 Å². The molecule has 2 N–H and O–H groups in total. The summed E-state index contributed by atoms with van der Waals surface area (Å²) in [5.74, 6) is 1.04. The minimum atomic E-state index is -0.279. The van der Waals surface area contributed by atoms with Crippen LogP contribution in [0.5, 0.6) is 0 Å². The summed E-state index contributed by atoms with van der Waals surface area (Å²) in [4.78, 5) is 31.2. The van der Waals surface area contributed by atoms with Crippen molar-refractivity contribution in [2.75, 3.05) is 5.32 Å². The van der Waals surface area contributed by atoms with Crippen LogP contribution in [0.25, 0.3) is 11.5 Å². The molecule has 0 bridgehead atoms. The Morgan fingerprint density at radius 3 is 2.53 bits per heavy atom. The van der Waals surface area contributed by atoms with E-state index >= 15 is 0 Å². The molecule has 0 aliphatic carbocycles. The van der Waals surface area contributed by atoms with E-state index in [1.54, 1.807) is 32.9 Å². The molecule has 4 rings (SSSR count). The van der Waals surface area contributed by atoms with Crippen LogP contribution in [0.1, 0.15) is 47.8 Å². The largest absolute Gasteiger partial charge is 0.441 e. The highest BCUT2D eigenvalue weighted by Gasteiger charge is 2.19. The highest BCUT2D eigenvalue weighted by Crippen LogP contribution is 2.25. The van der Waals surface area contributed by atoms with Gasteiger partial charge in [0, 0.05) is 16.1 Å². The molecule has 0 aliphatic rings. The van der Waals surface area contributed by atoms with Crippen LogP contribution in [0.15, 0.2) is 45.3 Å². The van der Waals surface area contributed by atoms with Gasteiger partial charge in [-0.1, -0.05) is 11.2 Å².